The molecule has 3 N–H and O–H groups in total. The summed E-state index contributed by atoms with van der Waals surface area (Å²) < 4.78 is 4.77. The van der Waals surface area contributed by atoms with Crippen molar-refractivity contribution in [1.29, 1.82) is 0 Å². The molecule has 0 saturated heterocycles. The number of H-pyrrole nitrogens is 1. The van der Waals surface area contributed by atoms with Crippen LogP contribution in [0.25, 0.3) is 0 Å². The molecule has 7 nitrogen and oxygen atoms in total. The summed E-state index contributed by atoms with van der Waals surface area (Å²) in [5.74, 6) is -0.464. The van der Waals surface area contributed by atoms with Gasteiger partial charge in [-0.1, -0.05) is 0 Å². The van der Waals surface area contributed by atoms with Crippen molar-refractivity contribution in [2.75, 3.05) is 20.3 Å². The van der Waals surface area contributed by atoms with Crippen molar-refractivity contribution in [3.8, 4) is 0 Å². The fourth-order valence-electron chi connectivity index (χ4n) is 1.62. The number of aliphatic hydroxyl groups excluding tert-OH is 1. The second-order valence-electron chi connectivity index (χ2n) is 4.29. The standard InChI is InChI=1S/C12H19N3O4/c1-7-8(2)14-15-12(18)10(7)11(17)13-5-4-9(16)6-19-3/h9,16H,4-6H2,1-3H3,(H,13,17)(H,15,18). The van der Waals surface area contributed by atoms with Crippen LogP contribution in [0.5, 0.6) is 0 Å². The lowest BCUT2D eigenvalue weighted by Gasteiger charge is -2.11. The zero-order valence-electron chi connectivity index (χ0n) is 11.3. The van der Waals surface area contributed by atoms with Gasteiger partial charge in [0.05, 0.1) is 18.4 Å². The molecule has 1 aromatic rings. The number of rotatable bonds is 6. The number of ether oxygens (including phenoxy) is 1. The zero-order chi connectivity index (χ0) is 14.4. The first kappa shape index (κ1) is 15.3. The maximum Gasteiger partial charge on any atom is 0.277 e. The molecule has 0 aromatic carbocycles. The monoisotopic (exact) mass is 269 g/mol. The number of nitrogens with zero attached hydrogens (tertiary/aromatic N) is 1. The van der Waals surface area contributed by atoms with Crippen LogP contribution < -0.4 is 10.9 Å². The first-order chi connectivity index (χ1) is 8.97. The van der Waals surface area contributed by atoms with E-state index in [0.717, 1.165) is 0 Å². The molecule has 7 heteroatoms. The number of aryl methyl sites for hydroxylation is 1. The minimum Gasteiger partial charge on any atom is -0.391 e. The van der Waals surface area contributed by atoms with Crippen LogP contribution >= 0.6 is 0 Å². The van der Waals surface area contributed by atoms with Gasteiger partial charge in [0, 0.05) is 13.7 Å². The van der Waals surface area contributed by atoms with Gasteiger partial charge in [0.25, 0.3) is 11.5 Å². The molecule has 1 atom stereocenters. The second kappa shape index (κ2) is 7.01. The van der Waals surface area contributed by atoms with E-state index < -0.39 is 17.6 Å². The third-order valence-electron chi connectivity index (χ3n) is 2.82. The average molecular weight is 269 g/mol. The van der Waals surface area contributed by atoms with E-state index in [9.17, 15) is 14.7 Å². The molecule has 0 aliphatic carbocycles. The Morgan fingerprint density at radius 3 is 2.84 bits per heavy atom. The highest BCUT2D eigenvalue weighted by molar-refractivity contribution is 5.95. The molecule has 0 spiro atoms. The van der Waals surface area contributed by atoms with Crippen LogP contribution in [0.15, 0.2) is 4.79 Å². The summed E-state index contributed by atoms with van der Waals surface area (Å²) in [6, 6.07) is 0. The van der Waals surface area contributed by atoms with Gasteiger partial charge in [-0.15, -0.1) is 0 Å². The number of hydrogen-bond donors (Lipinski definition) is 3. The summed E-state index contributed by atoms with van der Waals surface area (Å²) >= 11 is 0. The Bertz CT molecular complexity index is 498. The van der Waals surface area contributed by atoms with Crippen molar-refractivity contribution in [1.82, 2.24) is 15.5 Å². The molecule has 19 heavy (non-hydrogen) atoms. The van der Waals surface area contributed by atoms with Gasteiger partial charge in [-0.05, 0) is 25.8 Å². The fraction of sp³-hybridized carbons (Fsp3) is 0.583. The Balaban J connectivity index is 2.65. The van der Waals surface area contributed by atoms with E-state index in [-0.39, 0.29) is 18.7 Å². The molecule has 1 heterocycles. The summed E-state index contributed by atoms with van der Waals surface area (Å²) in [5.41, 5.74) is 0.703. The van der Waals surface area contributed by atoms with Crippen LogP contribution in [-0.4, -0.2) is 47.6 Å². The van der Waals surface area contributed by atoms with Crippen LogP contribution in [0.2, 0.25) is 0 Å². The summed E-state index contributed by atoms with van der Waals surface area (Å²) in [4.78, 5) is 23.5. The zero-order valence-corrected chi connectivity index (χ0v) is 11.3. The Hall–Kier alpha value is -1.73. The number of hydrogen-bond acceptors (Lipinski definition) is 5. The number of amides is 1. The Labute approximate surface area is 111 Å². The van der Waals surface area contributed by atoms with Gasteiger partial charge in [-0.2, -0.15) is 5.10 Å². The fourth-order valence-corrected chi connectivity index (χ4v) is 1.62. The van der Waals surface area contributed by atoms with Crippen LogP contribution in [0.4, 0.5) is 0 Å². The van der Waals surface area contributed by atoms with Crippen molar-refractivity contribution in [2.24, 2.45) is 0 Å². The highest BCUT2D eigenvalue weighted by Gasteiger charge is 2.16. The first-order valence-corrected chi connectivity index (χ1v) is 5.98. The molecule has 1 amide bonds. The van der Waals surface area contributed by atoms with Crippen LogP contribution in [0.1, 0.15) is 28.0 Å². The van der Waals surface area contributed by atoms with Gasteiger partial charge in [0.15, 0.2) is 0 Å². The van der Waals surface area contributed by atoms with Crippen molar-refractivity contribution in [3.63, 3.8) is 0 Å². The van der Waals surface area contributed by atoms with E-state index in [1.54, 1.807) is 13.8 Å². The lowest BCUT2D eigenvalue weighted by molar-refractivity contribution is 0.0587. The molecule has 1 unspecified atom stereocenters. The largest absolute Gasteiger partial charge is 0.391 e. The van der Waals surface area contributed by atoms with Crippen molar-refractivity contribution in [3.05, 3.63) is 27.2 Å². The van der Waals surface area contributed by atoms with Crippen molar-refractivity contribution < 1.29 is 14.6 Å². The van der Waals surface area contributed by atoms with E-state index in [0.29, 0.717) is 17.7 Å². The average Bonchev–Trinajstić information content (AvgIpc) is 2.35. The molecular formula is C12H19N3O4. The molecule has 0 fully saturated rings. The third kappa shape index (κ3) is 4.15. The molecular weight excluding hydrogens is 250 g/mol. The van der Waals surface area contributed by atoms with Gasteiger partial charge in [-0.3, -0.25) is 9.59 Å². The maximum atomic E-state index is 11.9. The summed E-state index contributed by atoms with van der Waals surface area (Å²) in [7, 11) is 1.49. The molecule has 0 saturated carbocycles. The molecule has 0 bridgehead atoms. The van der Waals surface area contributed by atoms with Crippen molar-refractivity contribution in [2.45, 2.75) is 26.4 Å². The van der Waals surface area contributed by atoms with E-state index in [1.165, 1.54) is 7.11 Å². The molecule has 1 aromatic heterocycles. The number of aromatic nitrogens is 2. The Kier molecular flexibility index (Phi) is 5.65. The molecule has 0 aliphatic heterocycles. The summed E-state index contributed by atoms with van der Waals surface area (Å²) in [6.07, 6.45) is -0.274. The smallest absolute Gasteiger partial charge is 0.277 e. The number of nitrogens with one attached hydrogen (secondary N) is 2. The van der Waals surface area contributed by atoms with Gasteiger partial charge >= 0.3 is 0 Å². The van der Waals surface area contributed by atoms with Crippen LogP contribution in [0, 0.1) is 13.8 Å². The minimum absolute atomic E-state index is 0.0636. The lowest BCUT2D eigenvalue weighted by Crippen LogP contribution is -2.34. The summed E-state index contributed by atoms with van der Waals surface area (Å²) in [6.45, 7) is 3.87. The van der Waals surface area contributed by atoms with Crippen molar-refractivity contribution >= 4 is 5.91 Å². The topological polar surface area (TPSA) is 104 Å². The predicted octanol–water partition coefficient (Wildman–Crippen LogP) is -0.486. The normalized spacial score (nSPS) is 12.2. The Morgan fingerprint density at radius 2 is 2.21 bits per heavy atom. The van der Waals surface area contributed by atoms with Gasteiger partial charge < -0.3 is 15.2 Å². The summed E-state index contributed by atoms with van der Waals surface area (Å²) in [5, 5.41) is 18.1. The third-order valence-corrected chi connectivity index (χ3v) is 2.82. The van der Waals surface area contributed by atoms with E-state index in [1.807, 2.05) is 0 Å². The highest BCUT2D eigenvalue weighted by Crippen LogP contribution is 2.04. The van der Waals surface area contributed by atoms with Crippen LogP contribution in [0.3, 0.4) is 0 Å². The first-order valence-electron chi connectivity index (χ1n) is 5.98. The number of methoxy groups -OCH3 is 1. The predicted molar refractivity (Wildman–Crippen MR) is 69.2 cm³/mol. The molecule has 106 valence electrons. The van der Waals surface area contributed by atoms with Gasteiger partial charge in [0.2, 0.25) is 0 Å². The number of carbonyl (C=O) groups is 1. The number of aromatic amines is 1. The second-order valence-corrected chi connectivity index (χ2v) is 4.29. The van der Waals surface area contributed by atoms with Gasteiger partial charge in [0.1, 0.15) is 5.56 Å². The molecule has 0 radical (unpaired) electrons. The SMILES string of the molecule is COCC(O)CCNC(=O)c1c(C)c(C)n[nH]c1=O. The highest BCUT2D eigenvalue weighted by atomic mass is 16.5. The van der Waals surface area contributed by atoms with Gasteiger partial charge in [-0.25, -0.2) is 5.10 Å². The minimum atomic E-state index is -0.635. The quantitative estimate of drug-likeness (QED) is 0.646. The molecule has 0 aliphatic rings. The van der Waals surface area contributed by atoms with E-state index in [4.69, 9.17) is 4.74 Å². The Morgan fingerprint density at radius 1 is 1.53 bits per heavy atom. The molecule has 1 rings (SSSR count). The lowest BCUT2D eigenvalue weighted by atomic mass is 10.1. The number of aliphatic hydroxyl groups is 1. The maximum absolute atomic E-state index is 11.9. The van der Waals surface area contributed by atoms with E-state index in [2.05, 4.69) is 15.5 Å². The van der Waals surface area contributed by atoms with Crippen LogP contribution in [-0.2, 0) is 4.74 Å². The number of carbonyl (C=O) groups excluding carboxylic acids is 1. The van der Waals surface area contributed by atoms with E-state index >= 15 is 0 Å².